The van der Waals surface area contributed by atoms with E-state index in [1.807, 2.05) is 54.6 Å². The Labute approximate surface area is 148 Å². The third kappa shape index (κ3) is 2.01. The second-order valence-corrected chi connectivity index (χ2v) is 6.16. The fourth-order valence-electron chi connectivity index (χ4n) is 3.58. The van der Waals surface area contributed by atoms with Crippen LogP contribution in [-0.2, 0) is 9.59 Å². The number of aromatic nitrogens is 2. The van der Waals surface area contributed by atoms with E-state index >= 15 is 0 Å². The summed E-state index contributed by atoms with van der Waals surface area (Å²) in [6.07, 6.45) is 3.42. The number of aromatic amines is 1. The van der Waals surface area contributed by atoms with Crippen LogP contribution < -0.4 is 5.32 Å². The van der Waals surface area contributed by atoms with Gasteiger partial charge in [-0.05, 0) is 28.5 Å². The third-order valence-corrected chi connectivity index (χ3v) is 4.71. The molecule has 26 heavy (non-hydrogen) atoms. The summed E-state index contributed by atoms with van der Waals surface area (Å²) in [6.45, 7) is 0. The molecule has 5 rings (SSSR count). The van der Waals surface area contributed by atoms with Gasteiger partial charge in [0.25, 0.3) is 11.8 Å². The predicted molar refractivity (Wildman–Crippen MR) is 100 cm³/mol. The molecule has 0 saturated carbocycles. The number of hydrogen-bond donors (Lipinski definition) is 2. The number of imide groups is 1. The van der Waals surface area contributed by atoms with Crippen molar-refractivity contribution >= 4 is 44.8 Å². The van der Waals surface area contributed by atoms with Gasteiger partial charge in [-0.2, -0.15) is 0 Å². The first kappa shape index (κ1) is 14.6. The maximum Gasteiger partial charge on any atom is 0.259 e. The van der Waals surface area contributed by atoms with Gasteiger partial charge < -0.3 is 4.98 Å². The van der Waals surface area contributed by atoms with Gasteiger partial charge in [-0.1, -0.05) is 42.5 Å². The molecule has 0 saturated heterocycles. The van der Waals surface area contributed by atoms with Gasteiger partial charge in [0.15, 0.2) is 0 Å². The number of nitrogens with zero attached hydrogens (tertiary/aromatic N) is 1. The zero-order valence-corrected chi connectivity index (χ0v) is 13.6. The number of nitrogens with one attached hydrogen (secondary N) is 2. The number of rotatable bonds is 2. The quantitative estimate of drug-likeness (QED) is 0.550. The Hall–Kier alpha value is -3.73. The summed E-state index contributed by atoms with van der Waals surface area (Å²) >= 11 is 0. The highest BCUT2D eigenvalue weighted by Gasteiger charge is 2.34. The summed E-state index contributed by atoms with van der Waals surface area (Å²) in [4.78, 5) is 32.6. The van der Waals surface area contributed by atoms with Crippen molar-refractivity contribution in [1.82, 2.24) is 15.3 Å². The largest absolute Gasteiger partial charge is 0.346 e. The summed E-state index contributed by atoms with van der Waals surface area (Å²) in [7, 11) is 0. The first-order chi connectivity index (χ1) is 12.7. The molecule has 0 atom stereocenters. The Morgan fingerprint density at radius 3 is 2.35 bits per heavy atom. The number of carbonyl (C=O) groups excluding carboxylic acids is 2. The predicted octanol–water partition coefficient (Wildman–Crippen LogP) is 3.28. The van der Waals surface area contributed by atoms with Crippen molar-refractivity contribution in [3.8, 4) is 0 Å². The molecule has 1 aliphatic heterocycles. The molecule has 0 fully saturated rings. The molecule has 2 N–H and O–H groups in total. The molecule has 0 bridgehead atoms. The fourth-order valence-corrected chi connectivity index (χ4v) is 3.58. The highest BCUT2D eigenvalue weighted by atomic mass is 16.2. The minimum absolute atomic E-state index is 0.375. The summed E-state index contributed by atoms with van der Waals surface area (Å²) in [5, 5.41) is 5.21. The molecule has 1 aliphatic rings. The average Bonchev–Trinajstić information content (AvgIpc) is 3.21. The number of carbonyl (C=O) groups is 2. The number of hydrogen-bond acceptors (Lipinski definition) is 3. The van der Waals surface area contributed by atoms with Gasteiger partial charge >= 0.3 is 0 Å². The molecule has 0 aliphatic carbocycles. The van der Waals surface area contributed by atoms with E-state index in [-0.39, 0.29) is 11.8 Å². The van der Waals surface area contributed by atoms with Gasteiger partial charge in [0.1, 0.15) is 5.65 Å². The standard InChI is InChI=1S/C21H13N3O2/c25-20-17(14-8-3-6-12-5-1-2-7-13(12)14)18(21(26)24-20)16-11-23-19-15(16)9-4-10-22-19/h1-11H,(H,22,23)(H,24,25,26). The van der Waals surface area contributed by atoms with Crippen LogP contribution in [-0.4, -0.2) is 21.8 Å². The number of fused-ring (bicyclic) bond motifs is 2. The summed E-state index contributed by atoms with van der Waals surface area (Å²) < 4.78 is 0. The Kier molecular flexibility index (Phi) is 3.03. The van der Waals surface area contributed by atoms with Crippen LogP contribution in [0.1, 0.15) is 11.1 Å². The number of H-pyrrole nitrogens is 1. The van der Waals surface area contributed by atoms with Crippen LogP contribution in [0.25, 0.3) is 33.0 Å². The van der Waals surface area contributed by atoms with E-state index in [0.29, 0.717) is 22.4 Å². The Balaban J connectivity index is 1.87. The van der Waals surface area contributed by atoms with Crippen LogP contribution in [0.4, 0.5) is 0 Å². The second-order valence-electron chi connectivity index (χ2n) is 6.16. The molecule has 5 heteroatoms. The lowest BCUT2D eigenvalue weighted by Crippen LogP contribution is -2.22. The van der Waals surface area contributed by atoms with Crippen LogP contribution >= 0.6 is 0 Å². The average molecular weight is 339 g/mol. The van der Waals surface area contributed by atoms with E-state index in [4.69, 9.17) is 0 Å². The molecule has 2 aromatic heterocycles. The first-order valence-corrected chi connectivity index (χ1v) is 8.24. The third-order valence-electron chi connectivity index (χ3n) is 4.71. The molecule has 3 heterocycles. The van der Waals surface area contributed by atoms with Gasteiger partial charge in [0.05, 0.1) is 11.1 Å². The zero-order valence-electron chi connectivity index (χ0n) is 13.6. The minimum Gasteiger partial charge on any atom is -0.346 e. The molecule has 2 aromatic carbocycles. The van der Waals surface area contributed by atoms with Crippen molar-refractivity contribution in [2.24, 2.45) is 0 Å². The van der Waals surface area contributed by atoms with Crippen molar-refractivity contribution < 1.29 is 9.59 Å². The molecular formula is C21H13N3O2. The monoisotopic (exact) mass is 339 g/mol. The molecular weight excluding hydrogens is 326 g/mol. The SMILES string of the molecule is O=C1NC(=O)C(c2c[nH]c3ncccc23)=C1c1cccc2ccccc12. The fraction of sp³-hybridized carbons (Fsp3) is 0. The molecule has 4 aromatic rings. The van der Waals surface area contributed by atoms with Crippen molar-refractivity contribution in [2.45, 2.75) is 0 Å². The zero-order chi connectivity index (χ0) is 17.7. The van der Waals surface area contributed by atoms with E-state index in [0.717, 1.165) is 21.7 Å². The summed E-state index contributed by atoms with van der Waals surface area (Å²) in [6, 6.07) is 17.3. The van der Waals surface area contributed by atoms with Gasteiger partial charge in [0, 0.05) is 23.3 Å². The Morgan fingerprint density at radius 2 is 1.46 bits per heavy atom. The van der Waals surface area contributed by atoms with Crippen molar-refractivity contribution in [3.05, 3.63) is 78.1 Å². The molecule has 2 amide bonds. The molecule has 0 radical (unpaired) electrons. The smallest absolute Gasteiger partial charge is 0.259 e. The number of benzene rings is 2. The molecule has 0 unspecified atom stereocenters. The van der Waals surface area contributed by atoms with Crippen LogP contribution in [0, 0.1) is 0 Å². The Morgan fingerprint density at radius 1 is 0.731 bits per heavy atom. The van der Waals surface area contributed by atoms with Crippen molar-refractivity contribution in [3.63, 3.8) is 0 Å². The highest BCUT2D eigenvalue weighted by molar-refractivity contribution is 6.50. The minimum atomic E-state index is -0.386. The van der Waals surface area contributed by atoms with Gasteiger partial charge in [-0.15, -0.1) is 0 Å². The molecule has 124 valence electrons. The van der Waals surface area contributed by atoms with Crippen LogP contribution in [0.3, 0.4) is 0 Å². The lowest BCUT2D eigenvalue weighted by Gasteiger charge is -2.08. The van der Waals surface area contributed by atoms with E-state index in [1.54, 1.807) is 12.4 Å². The van der Waals surface area contributed by atoms with Crippen molar-refractivity contribution in [2.75, 3.05) is 0 Å². The Bertz CT molecular complexity index is 1250. The normalized spacial score (nSPS) is 14.5. The lowest BCUT2D eigenvalue weighted by atomic mass is 9.93. The lowest BCUT2D eigenvalue weighted by molar-refractivity contribution is -0.122. The van der Waals surface area contributed by atoms with Gasteiger partial charge in [-0.3, -0.25) is 14.9 Å². The number of amides is 2. The molecule has 0 spiro atoms. The van der Waals surface area contributed by atoms with Crippen LogP contribution in [0.15, 0.2) is 67.0 Å². The molecule has 5 nitrogen and oxygen atoms in total. The first-order valence-electron chi connectivity index (χ1n) is 8.24. The van der Waals surface area contributed by atoms with Gasteiger partial charge in [0.2, 0.25) is 0 Å². The van der Waals surface area contributed by atoms with Crippen LogP contribution in [0.5, 0.6) is 0 Å². The summed E-state index contributed by atoms with van der Waals surface area (Å²) in [5.41, 5.74) is 2.89. The second kappa shape index (κ2) is 5.39. The number of pyridine rings is 1. The maximum atomic E-state index is 12.7. The van der Waals surface area contributed by atoms with E-state index < -0.39 is 0 Å². The van der Waals surface area contributed by atoms with E-state index in [9.17, 15) is 9.59 Å². The topological polar surface area (TPSA) is 74.8 Å². The highest BCUT2D eigenvalue weighted by Crippen LogP contribution is 2.36. The van der Waals surface area contributed by atoms with E-state index in [2.05, 4.69) is 15.3 Å². The van der Waals surface area contributed by atoms with Gasteiger partial charge in [-0.25, -0.2) is 4.98 Å². The van der Waals surface area contributed by atoms with E-state index in [1.165, 1.54) is 0 Å². The van der Waals surface area contributed by atoms with Crippen molar-refractivity contribution in [1.29, 1.82) is 0 Å². The maximum absolute atomic E-state index is 12.7. The van der Waals surface area contributed by atoms with Crippen LogP contribution in [0.2, 0.25) is 0 Å². The summed E-state index contributed by atoms with van der Waals surface area (Å²) in [5.74, 6) is -0.762.